The van der Waals surface area contributed by atoms with Crippen LogP contribution in [-0.4, -0.2) is 21.0 Å². The number of rotatable bonds is 4. The van der Waals surface area contributed by atoms with Gasteiger partial charge in [-0.3, -0.25) is 0 Å². The van der Waals surface area contributed by atoms with Gasteiger partial charge in [0.15, 0.2) is 0 Å². The molecule has 0 heterocycles. The number of hydrogen-bond donors (Lipinski definition) is 3. The molecule has 1 rings (SSSR count). The molecule has 5 N–H and O–H groups in total. The first-order valence-electron chi connectivity index (χ1n) is 4.94. The lowest BCUT2D eigenvalue weighted by Crippen LogP contribution is -2.25. The highest BCUT2D eigenvalue weighted by Gasteiger charge is 2.10. The molecule has 0 aromatic heterocycles. The molecule has 0 bridgehead atoms. The molecule has 0 amide bonds. The SMILES string of the molecule is Cc1ccc(S(N)(=O)=O)cc1NC(C)CN. The van der Waals surface area contributed by atoms with E-state index in [9.17, 15) is 8.42 Å². The van der Waals surface area contributed by atoms with Crippen LogP contribution in [0.25, 0.3) is 0 Å². The predicted octanol–water partition coefficient (Wildman–Crippen LogP) is 0.402. The van der Waals surface area contributed by atoms with E-state index in [1.54, 1.807) is 6.07 Å². The summed E-state index contributed by atoms with van der Waals surface area (Å²) in [6, 6.07) is 4.81. The van der Waals surface area contributed by atoms with Crippen molar-refractivity contribution in [3.05, 3.63) is 23.8 Å². The van der Waals surface area contributed by atoms with Gasteiger partial charge in [-0.15, -0.1) is 0 Å². The summed E-state index contributed by atoms with van der Waals surface area (Å²) in [5.74, 6) is 0. The van der Waals surface area contributed by atoms with Gasteiger partial charge in [-0.1, -0.05) is 6.07 Å². The first-order chi connectivity index (χ1) is 7.34. The Labute approximate surface area is 95.9 Å². The number of primary sulfonamides is 1. The second kappa shape index (κ2) is 4.82. The van der Waals surface area contributed by atoms with E-state index in [2.05, 4.69) is 5.32 Å². The van der Waals surface area contributed by atoms with Crippen molar-refractivity contribution in [3.63, 3.8) is 0 Å². The van der Waals surface area contributed by atoms with Crippen molar-refractivity contribution in [2.75, 3.05) is 11.9 Å². The van der Waals surface area contributed by atoms with E-state index in [-0.39, 0.29) is 10.9 Å². The fourth-order valence-corrected chi connectivity index (χ4v) is 1.80. The molecule has 5 nitrogen and oxygen atoms in total. The first-order valence-corrected chi connectivity index (χ1v) is 6.49. The topological polar surface area (TPSA) is 98.2 Å². The molecule has 16 heavy (non-hydrogen) atoms. The number of anilines is 1. The number of aryl methyl sites for hydroxylation is 1. The quantitative estimate of drug-likeness (QED) is 0.713. The molecule has 1 aromatic carbocycles. The smallest absolute Gasteiger partial charge is 0.238 e. The van der Waals surface area contributed by atoms with E-state index >= 15 is 0 Å². The highest BCUT2D eigenvalue weighted by Crippen LogP contribution is 2.19. The van der Waals surface area contributed by atoms with Crippen LogP contribution < -0.4 is 16.2 Å². The largest absolute Gasteiger partial charge is 0.381 e. The molecule has 0 saturated heterocycles. The summed E-state index contributed by atoms with van der Waals surface area (Å²) >= 11 is 0. The lowest BCUT2D eigenvalue weighted by atomic mass is 10.2. The van der Waals surface area contributed by atoms with Gasteiger partial charge in [0.05, 0.1) is 4.90 Å². The maximum absolute atomic E-state index is 11.2. The average molecular weight is 243 g/mol. The standard InChI is InChI=1S/C10H17N3O2S/c1-7-3-4-9(16(12,14)15)5-10(7)13-8(2)6-11/h3-5,8,13H,6,11H2,1-2H3,(H2,12,14,15). The van der Waals surface area contributed by atoms with E-state index in [4.69, 9.17) is 10.9 Å². The lowest BCUT2D eigenvalue weighted by Gasteiger charge is -2.15. The van der Waals surface area contributed by atoms with E-state index in [0.29, 0.717) is 6.54 Å². The van der Waals surface area contributed by atoms with Crippen molar-refractivity contribution < 1.29 is 8.42 Å². The van der Waals surface area contributed by atoms with Gasteiger partial charge in [-0.25, -0.2) is 13.6 Å². The molecule has 0 aliphatic carbocycles. The molecule has 1 unspecified atom stereocenters. The summed E-state index contributed by atoms with van der Waals surface area (Å²) < 4.78 is 22.4. The van der Waals surface area contributed by atoms with Gasteiger partial charge < -0.3 is 11.1 Å². The monoisotopic (exact) mass is 243 g/mol. The van der Waals surface area contributed by atoms with Crippen LogP contribution in [0, 0.1) is 6.92 Å². The van der Waals surface area contributed by atoms with Crippen molar-refractivity contribution in [1.82, 2.24) is 0 Å². The van der Waals surface area contributed by atoms with Crippen LogP contribution in [0.15, 0.2) is 23.1 Å². The molecule has 0 fully saturated rings. The second-order valence-electron chi connectivity index (χ2n) is 3.80. The number of benzene rings is 1. The Kier molecular flexibility index (Phi) is 3.90. The minimum atomic E-state index is -3.66. The Morgan fingerprint density at radius 3 is 2.56 bits per heavy atom. The zero-order chi connectivity index (χ0) is 12.3. The molecule has 1 aromatic rings. The summed E-state index contributed by atoms with van der Waals surface area (Å²) in [4.78, 5) is 0.102. The van der Waals surface area contributed by atoms with Crippen LogP contribution >= 0.6 is 0 Å². The van der Waals surface area contributed by atoms with Crippen molar-refractivity contribution in [3.8, 4) is 0 Å². The van der Waals surface area contributed by atoms with Crippen LogP contribution in [0.5, 0.6) is 0 Å². The Morgan fingerprint density at radius 1 is 1.44 bits per heavy atom. The Balaban J connectivity index is 3.09. The summed E-state index contributed by atoms with van der Waals surface area (Å²) in [6.07, 6.45) is 0. The third kappa shape index (κ3) is 3.19. The van der Waals surface area contributed by atoms with Crippen molar-refractivity contribution in [2.24, 2.45) is 10.9 Å². The maximum atomic E-state index is 11.2. The van der Waals surface area contributed by atoms with Crippen LogP contribution in [-0.2, 0) is 10.0 Å². The summed E-state index contributed by atoms with van der Waals surface area (Å²) in [7, 11) is -3.66. The van der Waals surface area contributed by atoms with Crippen molar-refractivity contribution in [1.29, 1.82) is 0 Å². The Hall–Kier alpha value is -1.11. The Bertz CT molecular complexity index is 471. The molecule has 0 spiro atoms. The van der Waals surface area contributed by atoms with Gasteiger partial charge in [0.1, 0.15) is 0 Å². The van der Waals surface area contributed by atoms with Crippen LogP contribution in [0.1, 0.15) is 12.5 Å². The number of sulfonamides is 1. The molecule has 0 aliphatic rings. The normalized spacial score (nSPS) is 13.5. The molecule has 1 atom stereocenters. The lowest BCUT2D eigenvalue weighted by molar-refractivity contribution is 0.598. The minimum absolute atomic E-state index is 0.0782. The third-order valence-corrected chi connectivity index (χ3v) is 3.20. The highest BCUT2D eigenvalue weighted by atomic mass is 32.2. The van der Waals surface area contributed by atoms with Crippen LogP contribution in [0.3, 0.4) is 0 Å². The third-order valence-electron chi connectivity index (χ3n) is 2.29. The molecular weight excluding hydrogens is 226 g/mol. The molecule has 6 heteroatoms. The van der Waals surface area contributed by atoms with Gasteiger partial charge in [-0.2, -0.15) is 0 Å². The van der Waals surface area contributed by atoms with Gasteiger partial charge in [0.25, 0.3) is 0 Å². The van der Waals surface area contributed by atoms with Gasteiger partial charge >= 0.3 is 0 Å². The summed E-state index contributed by atoms with van der Waals surface area (Å²) in [5, 5.41) is 8.19. The average Bonchev–Trinajstić information content (AvgIpc) is 2.19. The number of nitrogens with two attached hydrogens (primary N) is 2. The van der Waals surface area contributed by atoms with Crippen LogP contribution in [0.4, 0.5) is 5.69 Å². The molecule has 90 valence electrons. The molecule has 0 aliphatic heterocycles. The highest BCUT2D eigenvalue weighted by molar-refractivity contribution is 7.89. The second-order valence-corrected chi connectivity index (χ2v) is 5.36. The number of nitrogens with one attached hydrogen (secondary N) is 1. The van der Waals surface area contributed by atoms with E-state index in [0.717, 1.165) is 11.3 Å². The molecule has 0 saturated carbocycles. The molecule has 0 radical (unpaired) electrons. The van der Waals surface area contributed by atoms with Gasteiger partial charge in [0.2, 0.25) is 10.0 Å². The first kappa shape index (κ1) is 13.0. The van der Waals surface area contributed by atoms with Crippen LogP contribution in [0.2, 0.25) is 0 Å². The van der Waals surface area contributed by atoms with Crippen molar-refractivity contribution >= 4 is 15.7 Å². The van der Waals surface area contributed by atoms with Gasteiger partial charge in [-0.05, 0) is 31.5 Å². The summed E-state index contributed by atoms with van der Waals surface area (Å²) in [5.41, 5.74) is 7.18. The van der Waals surface area contributed by atoms with Gasteiger partial charge in [0, 0.05) is 18.3 Å². The number of hydrogen-bond acceptors (Lipinski definition) is 4. The zero-order valence-corrected chi connectivity index (χ0v) is 10.2. The predicted molar refractivity (Wildman–Crippen MR) is 64.7 cm³/mol. The van der Waals surface area contributed by atoms with E-state index in [1.165, 1.54) is 12.1 Å². The fraction of sp³-hybridized carbons (Fsp3) is 0.400. The van der Waals surface area contributed by atoms with E-state index in [1.807, 2.05) is 13.8 Å². The fourth-order valence-electron chi connectivity index (χ4n) is 1.26. The molecular formula is C10H17N3O2S. The maximum Gasteiger partial charge on any atom is 0.238 e. The Morgan fingerprint density at radius 2 is 2.06 bits per heavy atom. The summed E-state index contributed by atoms with van der Waals surface area (Å²) in [6.45, 7) is 4.28. The van der Waals surface area contributed by atoms with Crippen molar-refractivity contribution in [2.45, 2.75) is 24.8 Å². The zero-order valence-electron chi connectivity index (χ0n) is 9.40. The minimum Gasteiger partial charge on any atom is -0.381 e. The van der Waals surface area contributed by atoms with E-state index < -0.39 is 10.0 Å².